The van der Waals surface area contributed by atoms with Crippen LogP contribution in [0.5, 0.6) is 0 Å². The van der Waals surface area contributed by atoms with Crippen molar-refractivity contribution < 1.29 is 9.53 Å². The predicted molar refractivity (Wildman–Crippen MR) is 39.8 cm³/mol. The fourth-order valence-electron chi connectivity index (χ4n) is 0.669. The van der Waals surface area contributed by atoms with Crippen molar-refractivity contribution in [2.24, 2.45) is 0 Å². The van der Waals surface area contributed by atoms with Crippen LogP contribution in [0.15, 0.2) is 0 Å². The minimum Gasteiger partial charge on any atom is -0.383 e. The summed E-state index contributed by atoms with van der Waals surface area (Å²) in [4.78, 5) is 10.7. The maximum Gasteiger partial charge on any atom is 0.220 e. The minimum absolute atomic E-state index is 0.0737. The van der Waals surface area contributed by atoms with Crippen LogP contribution in [0.4, 0.5) is 0 Å². The first-order valence-electron chi connectivity index (χ1n) is 3.49. The van der Waals surface area contributed by atoms with Gasteiger partial charge < -0.3 is 10.1 Å². The molecule has 1 amide bonds. The molecule has 0 saturated carbocycles. The lowest BCUT2D eigenvalue weighted by Crippen LogP contribution is -2.34. The first-order chi connectivity index (χ1) is 4.70. The average Bonchev–Trinajstić information content (AvgIpc) is 1.88. The largest absolute Gasteiger partial charge is 0.383 e. The number of hydrogen-bond donors (Lipinski definition) is 1. The van der Waals surface area contributed by atoms with Gasteiger partial charge in [-0.1, -0.05) is 6.92 Å². The highest BCUT2D eigenvalue weighted by molar-refractivity contribution is 5.75. The molecular formula is C7H15NO2. The van der Waals surface area contributed by atoms with Crippen LogP contribution in [-0.2, 0) is 9.53 Å². The molecule has 0 saturated heterocycles. The Morgan fingerprint density at radius 3 is 2.70 bits per heavy atom. The minimum atomic E-state index is 0.0737. The number of amides is 1. The number of hydrogen-bond acceptors (Lipinski definition) is 2. The van der Waals surface area contributed by atoms with Gasteiger partial charge in [0.05, 0.1) is 6.61 Å². The van der Waals surface area contributed by atoms with Gasteiger partial charge in [-0.25, -0.2) is 0 Å². The van der Waals surface area contributed by atoms with E-state index in [9.17, 15) is 4.79 Å². The Morgan fingerprint density at radius 2 is 2.30 bits per heavy atom. The van der Waals surface area contributed by atoms with Gasteiger partial charge >= 0.3 is 0 Å². The topological polar surface area (TPSA) is 38.3 Å². The second-order valence-corrected chi connectivity index (χ2v) is 2.28. The van der Waals surface area contributed by atoms with E-state index in [-0.39, 0.29) is 11.9 Å². The summed E-state index contributed by atoms with van der Waals surface area (Å²) in [6, 6.07) is 0.123. The van der Waals surface area contributed by atoms with Crippen molar-refractivity contribution >= 4 is 5.91 Å². The Bertz CT molecular complexity index is 104. The van der Waals surface area contributed by atoms with Gasteiger partial charge in [-0.2, -0.15) is 0 Å². The number of rotatable bonds is 4. The molecule has 1 unspecified atom stereocenters. The summed E-state index contributed by atoms with van der Waals surface area (Å²) in [6.07, 6.45) is 0.536. The smallest absolute Gasteiger partial charge is 0.220 e. The second kappa shape index (κ2) is 5.23. The molecule has 0 aromatic carbocycles. The number of ether oxygens (including phenoxy) is 1. The van der Waals surface area contributed by atoms with E-state index in [0.29, 0.717) is 13.0 Å². The van der Waals surface area contributed by atoms with Gasteiger partial charge in [-0.05, 0) is 6.92 Å². The maximum absolute atomic E-state index is 10.7. The van der Waals surface area contributed by atoms with Crippen LogP contribution >= 0.6 is 0 Å². The summed E-state index contributed by atoms with van der Waals surface area (Å²) in [5.74, 6) is 0.0737. The average molecular weight is 145 g/mol. The van der Waals surface area contributed by atoms with Crippen LogP contribution in [0.25, 0.3) is 0 Å². The van der Waals surface area contributed by atoms with E-state index in [0.717, 1.165) is 0 Å². The van der Waals surface area contributed by atoms with E-state index in [1.54, 1.807) is 7.11 Å². The van der Waals surface area contributed by atoms with Gasteiger partial charge in [0.15, 0.2) is 0 Å². The molecule has 3 nitrogen and oxygen atoms in total. The van der Waals surface area contributed by atoms with Crippen LogP contribution < -0.4 is 5.32 Å². The molecule has 0 aliphatic carbocycles. The first-order valence-corrected chi connectivity index (χ1v) is 3.49. The quantitative estimate of drug-likeness (QED) is 0.627. The Hall–Kier alpha value is -0.570. The van der Waals surface area contributed by atoms with E-state index in [2.05, 4.69) is 5.32 Å². The van der Waals surface area contributed by atoms with Crippen molar-refractivity contribution in [2.75, 3.05) is 13.7 Å². The molecule has 0 spiro atoms. The lowest BCUT2D eigenvalue weighted by molar-refractivity contribution is -0.121. The Balaban J connectivity index is 3.37. The molecule has 0 bridgehead atoms. The molecule has 0 rings (SSSR count). The van der Waals surface area contributed by atoms with E-state index >= 15 is 0 Å². The van der Waals surface area contributed by atoms with E-state index in [1.165, 1.54) is 0 Å². The van der Waals surface area contributed by atoms with Gasteiger partial charge in [0.2, 0.25) is 5.91 Å². The summed E-state index contributed by atoms with van der Waals surface area (Å²) < 4.78 is 4.83. The molecule has 0 aliphatic heterocycles. The Kier molecular flexibility index (Phi) is 4.94. The molecule has 3 heteroatoms. The van der Waals surface area contributed by atoms with Gasteiger partial charge in [0.1, 0.15) is 0 Å². The predicted octanol–water partition coefficient (Wildman–Crippen LogP) is 0.547. The third-order valence-electron chi connectivity index (χ3n) is 1.15. The molecule has 0 radical (unpaired) electrons. The second-order valence-electron chi connectivity index (χ2n) is 2.28. The van der Waals surface area contributed by atoms with Crippen molar-refractivity contribution in [1.29, 1.82) is 0 Å². The fourth-order valence-corrected chi connectivity index (χ4v) is 0.669. The van der Waals surface area contributed by atoms with Crippen molar-refractivity contribution in [3.05, 3.63) is 0 Å². The molecular weight excluding hydrogens is 130 g/mol. The Labute approximate surface area is 61.8 Å². The van der Waals surface area contributed by atoms with Crippen molar-refractivity contribution in [3.63, 3.8) is 0 Å². The summed E-state index contributed by atoms with van der Waals surface area (Å²) in [5, 5.41) is 2.77. The lowest BCUT2D eigenvalue weighted by Gasteiger charge is -2.10. The van der Waals surface area contributed by atoms with Gasteiger partial charge in [-0.3, -0.25) is 4.79 Å². The number of carbonyl (C=O) groups excluding carboxylic acids is 1. The SMILES string of the molecule is CCC(=O)NC(C)COC. The molecule has 1 N–H and O–H groups in total. The molecule has 0 aromatic rings. The van der Waals surface area contributed by atoms with Crippen LogP contribution in [0, 0.1) is 0 Å². The first kappa shape index (κ1) is 9.43. The molecule has 0 fully saturated rings. The molecule has 0 aliphatic rings. The van der Waals surface area contributed by atoms with Crippen LogP contribution in [0.2, 0.25) is 0 Å². The fraction of sp³-hybridized carbons (Fsp3) is 0.857. The van der Waals surface area contributed by atoms with E-state index < -0.39 is 0 Å². The number of methoxy groups -OCH3 is 1. The lowest BCUT2D eigenvalue weighted by atomic mass is 10.3. The zero-order valence-corrected chi connectivity index (χ0v) is 6.81. The zero-order chi connectivity index (χ0) is 7.98. The summed E-state index contributed by atoms with van der Waals surface area (Å²) in [6.45, 7) is 4.32. The van der Waals surface area contributed by atoms with Crippen molar-refractivity contribution in [2.45, 2.75) is 26.3 Å². The maximum atomic E-state index is 10.7. The molecule has 10 heavy (non-hydrogen) atoms. The molecule has 0 heterocycles. The molecule has 1 atom stereocenters. The van der Waals surface area contributed by atoms with Crippen molar-refractivity contribution in [3.8, 4) is 0 Å². The normalized spacial score (nSPS) is 12.7. The standard InChI is InChI=1S/C7H15NO2/c1-4-7(9)8-6(2)5-10-3/h6H,4-5H2,1-3H3,(H,8,9). The monoisotopic (exact) mass is 145 g/mol. The van der Waals surface area contributed by atoms with Gasteiger partial charge in [-0.15, -0.1) is 0 Å². The van der Waals surface area contributed by atoms with Crippen molar-refractivity contribution in [1.82, 2.24) is 5.32 Å². The van der Waals surface area contributed by atoms with Gasteiger partial charge in [0, 0.05) is 19.6 Å². The highest BCUT2D eigenvalue weighted by Crippen LogP contribution is 1.83. The number of carbonyl (C=O) groups is 1. The zero-order valence-electron chi connectivity index (χ0n) is 6.81. The van der Waals surface area contributed by atoms with Crippen LogP contribution in [0.1, 0.15) is 20.3 Å². The number of nitrogens with one attached hydrogen (secondary N) is 1. The van der Waals surface area contributed by atoms with Gasteiger partial charge in [0.25, 0.3) is 0 Å². The van der Waals surface area contributed by atoms with E-state index in [1.807, 2.05) is 13.8 Å². The molecule has 0 aromatic heterocycles. The van der Waals surface area contributed by atoms with Crippen LogP contribution in [0.3, 0.4) is 0 Å². The van der Waals surface area contributed by atoms with E-state index in [4.69, 9.17) is 4.74 Å². The third-order valence-corrected chi connectivity index (χ3v) is 1.15. The summed E-state index contributed by atoms with van der Waals surface area (Å²) in [7, 11) is 1.62. The molecule has 60 valence electrons. The highest BCUT2D eigenvalue weighted by Gasteiger charge is 2.02. The third kappa shape index (κ3) is 4.32. The van der Waals surface area contributed by atoms with Crippen LogP contribution in [-0.4, -0.2) is 25.7 Å². The summed E-state index contributed by atoms with van der Waals surface area (Å²) in [5.41, 5.74) is 0. The highest BCUT2D eigenvalue weighted by atomic mass is 16.5. The Morgan fingerprint density at radius 1 is 1.70 bits per heavy atom. The summed E-state index contributed by atoms with van der Waals surface area (Å²) >= 11 is 0.